The highest BCUT2D eigenvalue weighted by molar-refractivity contribution is 6.30. The van der Waals surface area contributed by atoms with Crippen LogP contribution in [-0.2, 0) is 4.74 Å². The van der Waals surface area contributed by atoms with Gasteiger partial charge in [0.25, 0.3) is 0 Å². The minimum absolute atomic E-state index is 0.230. The Morgan fingerprint density at radius 1 is 1.32 bits per heavy atom. The minimum atomic E-state index is -0.443. The predicted octanol–water partition coefficient (Wildman–Crippen LogP) is 2.66. The van der Waals surface area contributed by atoms with E-state index >= 15 is 0 Å². The Bertz CT molecular complexity index is 393. The third-order valence-corrected chi connectivity index (χ3v) is 3.82. The third-order valence-electron chi connectivity index (χ3n) is 3.42. The highest BCUT2D eigenvalue weighted by Gasteiger charge is 2.25. The zero-order valence-corrected chi connectivity index (χ0v) is 15.3. The van der Waals surface area contributed by atoms with Gasteiger partial charge in [0.15, 0.2) is 0 Å². The van der Waals surface area contributed by atoms with Gasteiger partial charge >= 0.3 is 6.09 Å². The average Bonchev–Trinajstić information content (AvgIpc) is 2.41. The molecule has 0 aliphatic carbocycles. The van der Waals surface area contributed by atoms with Gasteiger partial charge in [-0.25, -0.2) is 4.79 Å². The lowest BCUT2D eigenvalue weighted by molar-refractivity contribution is 0.0236. The number of hydrogen-bond donors (Lipinski definition) is 1. The van der Waals surface area contributed by atoms with Gasteiger partial charge in [-0.3, -0.25) is 0 Å². The summed E-state index contributed by atoms with van der Waals surface area (Å²) in [5.41, 5.74) is 0.806. The van der Waals surface area contributed by atoms with E-state index in [0.717, 1.165) is 31.0 Å². The molecule has 0 aromatic rings. The van der Waals surface area contributed by atoms with E-state index in [1.54, 1.807) is 4.90 Å². The van der Waals surface area contributed by atoms with Crippen LogP contribution in [0.3, 0.4) is 0 Å². The quantitative estimate of drug-likeness (QED) is 0.787. The zero-order valence-electron chi connectivity index (χ0n) is 14.5. The maximum Gasteiger partial charge on any atom is 0.410 e. The summed E-state index contributed by atoms with van der Waals surface area (Å²) in [6.45, 7) is 9.63. The Hall–Kier alpha value is -0.780. The molecular weight excluding hydrogens is 302 g/mol. The van der Waals surface area contributed by atoms with E-state index in [1.165, 1.54) is 5.57 Å². The van der Waals surface area contributed by atoms with Crippen LogP contribution in [0.2, 0.25) is 0 Å². The normalized spacial score (nSPS) is 16.1. The standard InChI is InChI=1S/C16H30ClN3O2/c1-16(2,3)22-15(21)20-9-6-13(7-10-20)14(17)12-18-8-11-19(4)5/h18H,6-12H2,1-5H3. The minimum Gasteiger partial charge on any atom is -0.444 e. The maximum atomic E-state index is 12.0. The summed E-state index contributed by atoms with van der Waals surface area (Å²) in [6.07, 6.45) is 1.42. The van der Waals surface area contributed by atoms with Gasteiger partial charge in [0.1, 0.15) is 5.60 Å². The van der Waals surface area contributed by atoms with Gasteiger partial charge < -0.3 is 19.9 Å². The van der Waals surface area contributed by atoms with E-state index in [4.69, 9.17) is 16.3 Å². The van der Waals surface area contributed by atoms with Crippen LogP contribution in [-0.4, -0.2) is 68.3 Å². The number of amides is 1. The van der Waals surface area contributed by atoms with Gasteiger partial charge in [-0.2, -0.15) is 0 Å². The summed E-state index contributed by atoms with van der Waals surface area (Å²) in [6, 6.07) is 0. The van der Waals surface area contributed by atoms with E-state index in [-0.39, 0.29) is 6.09 Å². The average molecular weight is 332 g/mol. The number of rotatable bonds is 5. The summed E-state index contributed by atoms with van der Waals surface area (Å²) >= 11 is 6.38. The SMILES string of the molecule is CN(C)CCNCC(Cl)=C1CCN(C(=O)OC(C)(C)C)CC1. The first kappa shape index (κ1) is 19.3. The number of carbonyl (C=O) groups excluding carboxylic acids is 1. The molecule has 1 heterocycles. The Balaban J connectivity index is 2.37. The van der Waals surface area contributed by atoms with Gasteiger partial charge in [-0.1, -0.05) is 17.2 Å². The Morgan fingerprint density at radius 2 is 1.91 bits per heavy atom. The molecule has 0 bridgehead atoms. The van der Waals surface area contributed by atoms with Crippen LogP contribution in [0.25, 0.3) is 0 Å². The first-order valence-corrected chi connectivity index (χ1v) is 8.26. The molecule has 0 aromatic carbocycles. The van der Waals surface area contributed by atoms with Gasteiger partial charge in [0.2, 0.25) is 0 Å². The Morgan fingerprint density at radius 3 is 2.41 bits per heavy atom. The predicted molar refractivity (Wildman–Crippen MR) is 91.3 cm³/mol. The van der Waals surface area contributed by atoms with E-state index in [9.17, 15) is 4.79 Å². The fourth-order valence-corrected chi connectivity index (χ4v) is 2.47. The number of hydrogen-bond acceptors (Lipinski definition) is 4. The van der Waals surface area contributed by atoms with Crippen LogP contribution in [0, 0.1) is 0 Å². The molecule has 1 fully saturated rings. The van der Waals surface area contributed by atoms with E-state index < -0.39 is 5.60 Å². The number of piperidine rings is 1. The molecule has 0 radical (unpaired) electrons. The van der Waals surface area contributed by atoms with Gasteiger partial charge in [-0.15, -0.1) is 0 Å². The molecule has 6 heteroatoms. The number of nitrogens with zero attached hydrogens (tertiary/aromatic N) is 2. The van der Waals surface area contributed by atoms with Crippen molar-refractivity contribution in [3.63, 3.8) is 0 Å². The molecule has 1 saturated heterocycles. The van der Waals surface area contributed by atoms with Crippen molar-refractivity contribution in [2.75, 3.05) is 46.8 Å². The monoisotopic (exact) mass is 331 g/mol. The van der Waals surface area contributed by atoms with E-state index in [1.807, 2.05) is 34.9 Å². The van der Waals surface area contributed by atoms with Crippen molar-refractivity contribution in [2.45, 2.75) is 39.2 Å². The van der Waals surface area contributed by atoms with Crippen molar-refractivity contribution in [2.24, 2.45) is 0 Å². The van der Waals surface area contributed by atoms with Crippen LogP contribution in [0.4, 0.5) is 4.79 Å². The van der Waals surface area contributed by atoms with Crippen molar-refractivity contribution in [1.29, 1.82) is 0 Å². The molecule has 1 amide bonds. The molecular formula is C16H30ClN3O2. The lowest BCUT2D eigenvalue weighted by Gasteiger charge is -2.31. The highest BCUT2D eigenvalue weighted by Crippen LogP contribution is 2.23. The lowest BCUT2D eigenvalue weighted by Crippen LogP contribution is -2.40. The van der Waals surface area contributed by atoms with Crippen molar-refractivity contribution in [1.82, 2.24) is 15.1 Å². The number of nitrogens with one attached hydrogen (secondary N) is 1. The first-order valence-electron chi connectivity index (χ1n) is 7.89. The molecule has 128 valence electrons. The largest absolute Gasteiger partial charge is 0.444 e. The highest BCUT2D eigenvalue weighted by atomic mass is 35.5. The lowest BCUT2D eigenvalue weighted by atomic mass is 10.0. The van der Waals surface area contributed by atoms with Crippen LogP contribution in [0.5, 0.6) is 0 Å². The molecule has 1 aliphatic heterocycles. The summed E-state index contributed by atoms with van der Waals surface area (Å²) in [5.74, 6) is 0. The smallest absolute Gasteiger partial charge is 0.410 e. The van der Waals surface area contributed by atoms with Crippen molar-refractivity contribution in [3.05, 3.63) is 10.6 Å². The zero-order chi connectivity index (χ0) is 16.8. The summed E-state index contributed by atoms with van der Waals surface area (Å²) < 4.78 is 5.40. The molecule has 1 N–H and O–H groups in total. The summed E-state index contributed by atoms with van der Waals surface area (Å²) in [7, 11) is 4.10. The molecule has 0 saturated carbocycles. The van der Waals surface area contributed by atoms with Gasteiger partial charge in [0, 0.05) is 37.8 Å². The van der Waals surface area contributed by atoms with Crippen LogP contribution < -0.4 is 5.32 Å². The molecule has 0 atom stereocenters. The maximum absolute atomic E-state index is 12.0. The number of ether oxygens (including phenoxy) is 1. The van der Waals surface area contributed by atoms with Crippen LogP contribution in [0.1, 0.15) is 33.6 Å². The van der Waals surface area contributed by atoms with Crippen LogP contribution >= 0.6 is 11.6 Å². The summed E-state index contributed by atoms with van der Waals surface area (Å²) in [5, 5.41) is 4.23. The number of likely N-dealkylation sites (N-methyl/N-ethyl adjacent to an activating group) is 1. The third kappa shape index (κ3) is 7.47. The number of carbonyl (C=O) groups is 1. The first-order chi connectivity index (χ1) is 10.2. The van der Waals surface area contributed by atoms with Gasteiger partial charge in [-0.05, 0) is 47.7 Å². The Kier molecular flexibility index (Phi) is 7.66. The van der Waals surface area contributed by atoms with E-state index in [0.29, 0.717) is 19.6 Å². The number of halogens is 1. The number of likely N-dealkylation sites (tertiary alicyclic amines) is 1. The second kappa shape index (κ2) is 8.75. The van der Waals surface area contributed by atoms with Crippen molar-refractivity contribution in [3.8, 4) is 0 Å². The molecule has 0 spiro atoms. The fourth-order valence-electron chi connectivity index (χ4n) is 2.18. The Labute approximate surface area is 139 Å². The van der Waals surface area contributed by atoms with Crippen molar-refractivity contribution >= 4 is 17.7 Å². The molecule has 0 unspecified atom stereocenters. The molecule has 0 aromatic heterocycles. The fraction of sp³-hybridized carbons (Fsp3) is 0.812. The molecule has 1 aliphatic rings. The topological polar surface area (TPSA) is 44.8 Å². The second-order valence-electron chi connectivity index (χ2n) is 6.96. The summed E-state index contributed by atoms with van der Waals surface area (Å²) in [4.78, 5) is 15.9. The second-order valence-corrected chi connectivity index (χ2v) is 7.41. The molecule has 5 nitrogen and oxygen atoms in total. The molecule has 22 heavy (non-hydrogen) atoms. The van der Waals surface area contributed by atoms with Crippen molar-refractivity contribution < 1.29 is 9.53 Å². The van der Waals surface area contributed by atoms with Gasteiger partial charge in [0.05, 0.1) is 0 Å². The van der Waals surface area contributed by atoms with Crippen LogP contribution in [0.15, 0.2) is 10.6 Å². The molecule has 1 rings (SSSR count). The van der Waals surface area contributed by atoms with E-state index in [2.05, 4.69) is 10.2 Å².